The van der Waals surface area contributed by atoms with E-state index in [2.05, 4.69) is 5.32 Å². The lowest BCUT2D eigenvalue weighted by Gasteiger charge is -2.38. The second-order valence-corrected chi connectivity index (χ2v) is 7.08. The van der Waals surface area contributed by atoms with Crippen LogP contribution in [-0.4, -0.2) is 16.6 Å². The Morgan fingerprint density at radius 3 is 2.48 bits per heavy atom. The van der Waals surface area contributed by atoms with E-state index in [4.69, 9.17) is 4.74 Å². The Morgan fingerprint density at radius 2 is 1.91 bits per heavy atom. The molecule has 0 bridgehead atoms. The van der Waals surface area contributed by atoms with E-state index in [1.54, 1.807) is 12.1 Å². The summed E-state index contributed by atoms with van der Waals surface area (Å²) >= 11 is 0. The van der Waals surface area contributed by atoms with Gasteiger partial charge in [0, 0.05) is 12.1 Å². The summed E-state index contributed by atoms with van der Waals surface area (Å²) in [5.74, 6) is 0. The van der Waals surface area contributed by atoms with Crippen molar-refractivity contribution in [3.05, 3.63) is 39.9 Å². The summed E-state index contributed by atoms with van der Waals surface area (Å²) in [5.41, 5.74) is -0.356. The second kappa shape index (κ2) is 6.56. The summed E-state index contributed by atoms with van der Waals surface area (Å²) < 4.78 is 5.38. The Labute approximate surface area is 136 Å². The van der Waals surface area contributed by atoms with Crippen molar-refractivity contribution in [3.8, 4) is 0 Å². The molecule has 6 heteroatoms. The minimum absolute atomic E-state index is 0.0402. The number of rotatable bonds is 3. The first-order valence-corrected chi connectivity index (χ1v) is 7.98. The Kier molecular flexibility index (Phi) is 4.92. The molecule has 0 atom stereocenters. The number of carbonyl (C=O) groups is 1. The number of alkyl carbamates (subject to hydrolysis) is 1. The summed E-state index contributed by atoms with van der Waals surface area (Å²) in [6.07, 6.45) is 4.08. The molecule has 0 saturated heterocycles. The van der Waals surface area contributed by atoms with Gasteiger partial charge >= 0.3 is 6.09 Å². The number of hydrogen-bond donors (Lipinski definition) is 1. The molecule has 1 aromatic carbocycles. The SMILES string of the molecule is CC(C)(C)OC(=O)NC1(c2cccc([N+](=O)[O-])c2)CCCCC1. The average molecular weight is 320 g/mol. The topological polar surface area (TPSA) is 81.5 Å². The number of nitro benzene ring substituents is 1. The van der Waals surface area contributed by atoms with Gasteiger partial charge in [0.1, 0.15) is 5.60 Å². The fourth-order valence-corrected chi connectivity index (χ4v) is 3.06. The zero-order valence-corrected chi connectivity index (χ0v) is 13.9. The Balaban J connectivity index is 2.30. The third kappa shape index (κ3) is 4.43. The molecule has 1 aliphatic carbocycles. The van der Waals surface area contributed by atoms with Crippen LogP contribution in [0.4, 0.5) is 10.5 Å². The summed E-state index contributed by atoms with van der Waals surface area (Å²) in [5, 5.41) is 14.0. The van der Waals surface area contributed by atoms with Gasteiger partial charge in [-0.2, -0.15) is 0 Å². The predicted molar refractivity (Wildman–Crippen MR) is 87.2 cm³/mol. The number of nitrogens with zero attached hydrogens (tertiary/aromatic N) is 1. The van der Waals surface area contributed by atoms with Gasteiger partial charge in [0.25, 0.3) is 5.69 Å². The molecule has 23 heavy (non-hydrogen) atoms. The Bertz CT molecular complexity index is 587. The molecule has 1 fully saturated rings. The summed E-state index contributed by atoms with van der Waals surface area (Å²) in [6.45, 7) is 5.44. The third-order valence-electron chi connectivity index (χ3n) is 4.06. The van der Waals surface area contributed by atoms with E-state index in [1.165, 1.54) is 6.07 Å². The van der Waals surface area contributed by atoms with Crippen molar-refractivity contribution >= 4 is 11.8 Å². The van der Waals surface area contributed by atoms with Gasteiger partial charge < -0.3 is 10.1 Å². The van der Waals surface area contributed by atoms with Crippen LogP contribution in [0.1, 0.15) is 58.4 Å². The van der Waals surface area contributed by atoms with Crippen LogP contribution in [0.15, 0.2) is 24.3 Å². The molecule has 1 amide bonds. The first kappa shape index (κ1) is 17.2. The monoisotopic (exact) mass is 320 g/mol. The Hall–Kier alpha value is -2.11. The molecule has 126 valence electrons. The predicted octanol–water partition coefficient (Wildman–Crippen LogP) is 4.28. The first-order chi connectivity index (χ1) is 10.7. The van der Waals surface area contributed by atoms with Crippen molar-refractivity contribution in [1.82, 2.24) is 5.32 Å². The summed E-state index contributed by atoms with van der Waals surface area (Å²) in [4.78, 5) is 22.9. The van der Waals surface area contributed by atoms with Crippen molar-refractivity contribution in [2.75, 3.05) is 0 Å². The molecule has 1 N–H and O–H groups in total. The highest BCUT2D eigenvalue weighted by Gasteiger charge is 2.37. The van der Waals surface area contributed by atoms with Crippen LogP contribution in [0.3, 0.4) is 0 Å². The maximum absolute atomic E-state index is 12.3. The fraction of sp³-hybridized carbons (Fsp3) is 0.588. The number of benzene rings is 1. The van der Waals surface area contributed by atoms with Gasteiger partial charge in [-0.3, -0.25) is 10.1 Å². The van der Waals surface area contributed by atoms with Gasteiger partial charge in [-0.25, -0.2) is 4.79 Å². The van der Waals surface area contributed by atoms with E-state index in [0.29, 0.717) is 0 Å². The number of ether oxygens (including phenoxy) is 1. The molecule has 1 saturated carbocycles. The highest BCUT2D eigenvalue weighted by atomic mass is 16.6. The number of hydrogen-bond acceptors (Lipinski definition) is 4. The van der Waals surface area contributed by atoms with Gasteiger partial charge in [0.15, 0.2) is 0 Å². The van der Waals surface area contributed by atoms with Crippen LogP contribution in [0.5, 0.6) is 0 Å². The van der Waals surface area contributed by atoms with Crippen LogP contribution in [0.25, 0.3) is 0 Å². The maximum Gasteiger partial charge on any atom is 0.408 e. The van der Waals surface area contributed by atoms with Gasteiger partial charge in [0.05, 0.1) is 10.5 Å². The zero-order chi connectivity index (χ0) is 17.1. The lowest BCUT2D eigenvalue weighted by atomic mass is 9.76. The molecule has 0 aromatic heterocycles. The molecule has 0 unspecified atom stereocenters. The van der Waals surface area contributed by atoms with Crippen molar-refractivity contribution in [2.45, 2.75) is 64.0 Å². The second-order valence-electron chi connectivity index (χ2n) is 7.08. The van der Waals surface area contributed by atoms with Gasteiger partial charge in [-0.15, -0.1) is 0 Å². The van der Waals surface area contributed by atoms with E-state index in [0.717, 1.165) is 37.7 Å². The smallest absolute Gasteiger partial charge is 0.408 e. The van der Waals surface area contributed by atoms with E-state index >= 15 is 0 Å². The number of amides is 1. The minimum Gasteiger partial charge on any atom is -0.444 e. The fourth-order valence-electron chi connectivity index (χ4n) is 3.06. The highest BCUT2D eigenvalue weighted by molar-refractivity contribution is 5.69. The molecule has 0 spiro atoms. The highest BCUT2D eigenvalue weighted by Crippen LogP contribution is 2.38. The first-order valence-electron chi connectivity index (χ1n) is 7.98. The lowest BCUT2D eigenvalue weighted by Crippen LogP contribution is -2.48. The lowest BCUT2D eigenvalue weighted by molar-refractivity contribution is -0.385. The zero-order valence-electron chi connectivity index (χ0n) is 13.9. The molecule has 2 rings (SSSR count). The van der Waals surface area contributed by atoms with Crippen LogP contribution in [0, 0.1) is 10.1 Å². The van der Waals surface area contributed by atoms with E-state index < -0.39 is 22.2 Å². The number of non-ortho nitro benzene ring substituents is 1. The van der Waals surface area contributed by atoms with Crippen LogP contribution in [-0.2, 0) is 10.3 Å². The standard InChI is InChI=1S/C17H24N2O4/c1-16(2,3)23-15(20)18-17(10-5-4-6-11-17)13-8-7-9-14(12-13)19(21)22/h7-9,12H,4-6,10-11H2,1-3H3,(H,18,20). The third-order valence-corrected chi connectivity index (χ3v) is 4.06. The van der Waals surface area contributed by atoms with Crippen molar-refractivity contribution in [3.63, 3.8) is 0 Å². The van der Waals surface area contributed by atoms with Crippen LogP contribution < -0.4 is 5.32 Å². The quantitative estimate of drug-likeness (QED) is 0.665. The van der Waals surface area contributed by atoms with E-state index in [1.807, 2.05) is 26.8 Å². The molecular weight excluding hydrogens is 296 g/mol. The summed E-state index contributed by atoms with van der Waals surface area (Å²) in [6, 6.07) is 6.53. The summed E-state index contributed by atoms with van der Waals surface area (Å²) in [7, 11) is 0. The van der Waals surface area contributed by atoms with Crippen molar-refractivity contribution in [1.29, 1.82) is 0 Å². The minimum atomic E-state index is -0.591. The van der Waals surface area contributed by atoms with Gasteiger partial charge in [0.2, 0.25) is 0 Å². The largest absolute Gasteiger partial charge is 0.444 e. The van der Waals surface area contributed by atoms with E-state index in [-0.39, 0.29) is 5.69 Å². The van der Waals surface area contributed by atoms with Gasteiger partial charge in [-0.05, 0) is 39.2 Å². The molecule has 1 aliphatic rings. The molecular formula is C17H24N2O4. The van der Waals surface area contributed by atoms with Gasteiger partial charge in [-0.1, -0.05) is 31.4 Å². The number of nitro groups is 1. The molecule has 6 nitrogen and oxygen atoms in total. The average Bonchev–Trinajstić information content (AvgIpc) is 2.46. The Morgan fingerprint density at radius 1 is 1.26 bits per heavy atom. The number of carbonyl (C=O) groups excluding carboxylic acids is 1. The number of nitrogens with one attached hydrogen (secondary N) is 1. The van der Waals surface area contributed by atoms with Crippen molar-refractivity contribution in [2.24, 2.45) is 0 Å². The normalized spacial score (nSPS) is 17.3. The molecule has 0 radical (unpaired) electrons. The van der Waals surface area contributed by atoms with E-state index in [9.17, 15) is 14.9 Å². The molecule has 0 heterocycles. The van der Waals surface area contributed by atoms with Crippen LogP contribution >= 0.6 is 0 Å². The molecule has 0 aliphatic heterocycles. The van der Waals surface area contributed by atoms with Crippen LogP contribution in [0.2, 0.25) is 0 Å². The maximum atomic E-state index is 12.3. The molecule has 1 aromatic rings. The van der Waals surface area contributed by atoms with Crippen molar-refractivity contribution < 1.29 is 14.5 Å².